The summed E-state index contributed by atoms with van der Waals surface area (Å²) in [6, 6.07) is 0.621. The lowest BCUT2D eigenvalue weighted by atomic mass is 9.70. The molecule has 2 nitrogen and oxygen atoms in total. The maximum Gasteiger partial charge on any atom is 0.0636 e. The molecule has 0 aromatic heterocycles. The summed E-state index contributed by atoms with van der Waals surface area (Å²) in [5.41, 5.74) is 0.916. The molecule has 2 bridgehead atoms. The van der Waals surface area contributed by atoms with E-state index in [-0.39, 0.29) is 0 Å². The van der Waals surface area contributed by atoms with Crippen LogP contribution in [0.4, 0.5) is 0 Å². The Kier molecular flexibility index (Phi) is 5.76. The van der Waals surface area contributed by atoms with E-state index in [0.29, 0.717) is 23.0 Å². The molecule has 21 heavy (non-hydrogen) atoms. The molecule has 3 unspecified atom stereocenters. The van der Waals surface area contributed by atoms with Crippen LogP contribution in [0.1, 0.15) is 79.6 Å². The van der Waals surface area contributed by atoms with Crippen LogP contribution in [0, 0.1) is 16.7 Å². The molecule has 124 valence electrons. The van der Waals surface area contributed by atoms with Crippen LogP contribution in [0.15, 0.2) is 0 Å². The van der Waals surface area contributed by atoms with Gasteiger partial charge in [0, 0.05) is 12.6 Å². The van der Waals surface area contributed by atoms with Crippen LogP contribution in [0.2, 0.25) is 0 Å². The van der Waals surface area contributed by atoms with Gasteiger partial charge in [0.05, 0.1) is 6.10 Å². The van der Waals surface area contributed by atoms with E-state index in [2.05, 4.69) is 39.9 Å². The minimum absolute atomic E-state index is 0.429. The van der Waals surface area contributed by atoms with Crippen molar-refractivity contribution in [3.63, 3.8) is 0 Å². The Balaban J connectivity index is 1.56. The van der Waals surface area contributed by atoms with Crippen LogP contribution in [-0.4, -0.2) is 25.3 Å². The third kappa shape index (κ3) is 3.64. The predicted molar refractivity (Wildman–Crippen MR) is 90.6 cm³/mol. The lowest BCUT2D eigenvalue weighted by Gasteiger charge is -2.39. The fourth-order valence-corrected chi connectivity index (χ4v) is 4.58. The first-order valence-electron chi connectivity index (χ1n) is 9.23. The molecule has 3 atom stereocenters. The number of rotatable bonds is 9. The van der Waals surface area contributed by atoms with Crippen LogP contribution >= 0.6 is 0 Å². The van der Waals surface area contributed by atoms with Gasteiger partial charge >= 0.3 is 0 Å². The smallest absolute Gasteiger partial charge is 0.0636 e. The third-order valence-electron chi connectivity index (χ3n) is 6.66. The fourth-order valence-electron chi connectivity index (χ4n) is 4.58. The van der Waals surface area contributed by atoms with Crippen molar-refractivity contribution < 1.29 is 4.74 Å². The highest BCUT2D eigenvalue weighted by Crippen LogP contribution is 2.66. The van der Waals surface area contributed by atoms with E-state index in [1.165, 1.54) is 44.9 Å². The summed E-state index contributed by atoms with van der Waals surface area (Å²) >= 11 is 0. The van der Waals surface area contributed by atoms with E-state index in [1.54, 1.807) is 0 Å². The first-order valence-corrected chi connectivity index (χ1v) is 9.23. The Morgan fingerprint density at radius 1 is 1.10 bits per heavy atom. The van der Waals surface area contributed by atoms with Gasteiger partial charge in [-0.3, -0.25) is 0 Å². The van der Waals surface area contributed by atoms with Gasteiger partial charge in [0.15, 0.2) is 0 Å². The van der Waals surface area contributed by atoms with Gasteiger partial charge in [-0.25, -0.2) is 0 Å². The first-order chi connectivity index (χ1) is 9.88. The molecule has 1 N–H and O–H groups in total. The van der Waals surface area contributed by atoms with Gasteiger partial charge in [0.25, 0.3) is 0 Å². The van der Waals surface area contributed by atoms with Crippen LogP contribution in [0.5, 0.6) is 0 Å². The molecular weight excluding hydrogens is 258 g/mol. The van der Waals surface area contributed by atoms with Crippen molar-refractivity contribution in [2.45, 2.75) is 91.7 Å². The normalized spacial score (nSPS) is 34.0. The maximum atomic E-state index is 6.30. The molecule has 0 heterocycles. The molecule has 0 aromatic rings. The van der Waals surface area contributed by atoms with Crippen LogP contribution < -0.4 is 5.32 Å². The summed E-state index contributed by atoms with van der Waals surface area (Å²) < 4.78 is 6.30. The number of fused-ring (bicyclic) bond motifs is 2. The zero-order chi connectivity index (χ0) is 15.5. The zero-order valence-corrected chi connectivity index (χ0v) is 15.0. The summed E-state index contributed by atoms with van der Waals surface area (Å²) in [5, 5.41) is 3.48. The lowest BCUT2D eigenvalue weighted by Crippen LogP contribution is -2.37. The van der Waals surface area contributed by atoms with E-state index in [1.807, 2.05) is 0 Å². The SMILES string of the molecule is CC(C)NCCCCCCOC1CC2CCC1(C)C2(C)C. The van der Waals surface area contributed by atoms with Crippen LogP contribution in [-0.2, 0) is 4.74 Å². The molecule has 0 spiro atoms. The molecule has 2 fully saturated rings. The van der Waals surface area contributed by atoms with Crippen LogP contribution in [0.3, 0.4) is 0 Å². The molecule has 0 aromatic carbocycles. The first kappa shape index (κ1) is 17.3. The molecule has 2 saturated carbocycles. The van der Waals surface area contributed by atoms with Gasteiger partial charge in [-0.2, -0.15) is 0 Å². The van der Waals surface area contributed by atoms with Gasteiger partial charge in [-0.15, -0.1) is 0 Å². The number of unbranched alkanes of at least 4 members (excludes halogenated alkanes) is 3. The average molecular weight is 296 g/mol. The van der Waals surface area contributed by atoms with Gasteiger partial charge in [0.1, 0.15) is 0 Å². The topological polar surface area (TPSA) is 21.3 Å². The van der Waals surface area contributed by atoms with E-state index in [0.717, 1.165) is 19.1 Å². The molecule has 2 heteroatoms. The number of nitrogens with one attached hydrogen (secondary N) is 1. The van der Waals surface area contributed by atoms with Gasteiger partial charge in [-0.1, -0.05) is 47.5 Å². The highest BCUT2D eigenvalue weighted by molar-refractivity contribution is 5.11. The van der Waals surface area contributed by atoms with Crippen molar-refractivity contribution >= 4 is 0 Å². The molecular formula is C19H37NO. The molecule has 2 aliphatic carbocycles. The summed E-state index contributed by atoms with van der Waals surface area (Å²) in [6.45, 7) is 14.0. The molecule has 0 saturated heterocycles. The third-order valence-corrected chi connectivity index (χ3v) is 6.66. The Morgan fingerprint density at radius 2 is 1.81 bits per heavy atom. The van der Waals surface area contributed by atoms with Crippen molar-refractivity contribution in [3.8, 4) is 0 Å². The van der Waals surface area contributed by atoms with E-state index in [9.17, 15) is 0 Å². The minimum Gasteiger partial charge on any atom is -0.378 e. The quantitative estimate of drug-likeness (QED) is 0.618. The highest BCUT2D eigenvalue weighted by Gasteiger charge is 2.61. The van der Waals surface area contributed by atoms with Crippen molar-refractivity contribution in [3.05, 3.63) is 0 Å². The Morgan fingerprint density at radius 3 is 2.38 bits per heavy atom. The Labute approximate surface area is 132 Å². The second-order valence-corrected chi connectivity index (χ2v) is 8.49. The molecule has 2 aliphatic rings. The largest absolute Gasteiger partial charge is 0.378 e. The van der Waals surface area contributed by atoms with Crippen molar-refractivity contribution in [1.29, 1.82) is 0 Å². The van der Waals surface area contributed by atoms with Crippen molar-refractivity contribution in [2.75, 3.05) is 13.2 Å². The summed E-state index contributed by atoms with van der Waals surface area (Å²) in [5.74, 6) is 0.898. The van der Waals surface area contributed by atoms with Crippen molar-refractivity contribution in [2.24, 2.45) is 16.7 Å². The van der Waals surface area contributed by atoms with E-state index in [4.69, 9.17) is 4.74 Å². The monoisotopic (exact) mass is 295 g/mol. The summed E-state index contributed by atoms with van der Waals surface area (Å²) in [6.07, 6.45) is 9.81. The Bertz CT molecular complexity index is 326. The Hall–Kier alpha value is -0.0800. The highest BCUT2D eigenvalue weighted by atomic mass is 16.5. The maximum absolute atomic E-state index is 6.30. The number of hydrogen-bond donors (Lipinski definition) is 1. The van der Waals surface area contributed by atoms with E-state index >= 15 is 0 Å². The molecule has 0 aliphatic heterocycles. The van der Waals surface area contributed by atoms with Crippen molar-refractivity contribution in [1.82, 2.24) is 5.32 Å². The minimum atomic E-state index is 0.429. The molecule has 2 rings (SSSR count). The molecule has 0 amide bonds. The standard InChI is InChI=1S/C19H37NO/c1-15(2)20-12-8-6-7-9-13-21-17-14-16-10-11-19(17,5)18(16,3)4/h15-17,20H,6-14H2,1-5H3. The van der Waals surface area contributed by atoms with Gasteiger partial charge in [0.2, 0.25) is 0 Å². The zero-order valence-electron chi connectivity index (χ0n) is 15.0. The summed E-state index contributed by atoms with van der Waals surface area (Å²) in [7, 11) is 0. The second-order valence-electron chi connectivity index (χ2n) is 8.49. The second kappa shape index (κ2) is 7.00. The molecule has 0 radical (unpaired) electrons. The van der Waals surface area contributed by atoms with Gasteiger partial charge in [-0.05, 0) is 55.4 Å². The number of hydrogen-bond acceptors (Lipinski definition) is 2. The van der Waals surface area contributed by atoms with Gasteiger partial charge < -0.3 is 10.1 Å². The lowest BCUT2D eigenvalue weighted by molar-refractivity contribution is -0.0475. The van der Waals surface area contributed by atoms with Crippen LogP contribution in [0.25, 0.3) is 0 Å². The number of ether oxygens (including phenoxy) is 1. The van der Waals surface area contributed by atoms with E-state index < -0.39 is 0 Å². The average Bonchev–Trinajstić information content (AvgIpc) is 2.74. The fraction of sp³-hybridized carbons (Fsp3) is 1.00. The predicted octanol–water partition coefficient (Wildman–Crippen LogP) is 4.78. The summed E-state index contributed by atoms with van der Waals surface area (Å²) in [4.78, 5) is 0.